The van der Waals surface area contributed by atoms with Crippen molar-refractivity contribution < 1.29 is 14.3 Å². The maximum atomic E-state index is 13.0. The van der Waals surface area contributed by atoms with Crippen LogP contribution in [0.5, 0.6) is 5.75 Å². The van der Waals surface area contributed by atoms with E-state index in [1.54, 1.807) is 50.6 Å². The highest BCUT2D eigenvalue weighted by atomic mass is 16.5. The molecule has 1 aromatic carbocycles. The Hall–Kier alpha value is -4.21. The summed E-state index contributed by atoms with van der Waals surface area (Å²) in [6.07, 6.45) is 10.8. The number of nitrogens with zero attached hydrogens (tertiary/aromatic N) is 5. The standard InChI is InChI=1S/C26H28N6O4/c1-16(33)24-27-10-12-31(24)18-6-8-19(9-7-18)32-15-17-13-20(23(36-3)14-22(17)29-32)25(34)28-21-5-4-11-30(2)26(21)35/h4-5,10-15,18-19H,6-9H2,1-3H3,(H,28,34). The number of anilines is 1. The van der Waals surface area contributed by atoms with Crippen molar-refractivity contribution in [1.29, 1.82) is 0 Å². The minimum absolute atomic E-state index is 0.0260. The molecule has 10 nitrogen and oxygen atoms in total. The number of methoxy groups -OCH3 is 1. The second kappa shape index (κ2) is 9.44. The van der Waals surface area contributed by atoms with Gasteiger partial charge in [0.05, 0.1) is 24.2 Å². The highest BCUT2D eigenvalue weighted by molar-refractivity contribution is 6.08. The Morgan fingerprint density at radius 3 is 2.58 bits per heavy atom. The number of rotatable bonds is 6. The second-order valence-corrected chi connectivity index (χ2v) is 9.19. The van der Waals surface area contributed by atoms with Gasteiger partial charge in [-0.2, -0.15) is 5.10 Å². The number of Topliss-reactive ketones (excluding diaryl/α,β-unsaturated/α-hetero) is 1. The Kier molecular flexibility index (Phi) is 6.17. The number of benzene rings is 1. The molecular formula is C26H28N6O4. The predicted octanol–water partition coefficient (Wildman–Crippen LogP) is 3.75. The van der Waals surface area contributed by atoms with Crippen molar-refractivity contribution in [2.45, 2.75) is 44.7 Å². The van der Waals surface area contributed by atoms with Crippen LogP contribution in [0.3, 0.4) is 0 Å². The Labute approximate surface area is 207 Å². The molecule has 0 spiro atoms. The minimum atomic E-state index is -0.424. The van der Waals surface area contributed by atoms with Crippen LogP contribution in [0.2, 0.25) is 0 Å². The first-order valence-electron chi connectivity index (χ1n) is 11.9. The molecule has 10 heteroatoms. The molecule has 0 saturated heterocycles. The van der Waals surface area contributed by atoms with E-state index in [0.29, 0.717) is 17.1 Å². The molecule has 1 fully saturated rings. The highest BCUT2D eigenvalue weighted by Crippen LogP contribution is 2.36. The molecule has 0 atom stereocenters. The van der Waals surface area contributed by atoms with Gasteiger partial charge in [0.25, 0.3) is 11.5 Å². The lowest BCUT2D eigenvalue weighted by Gasteiger charge is -2.30. The van der Waals surface area contributed by atoms with Gasteiger partial charge in [-0.15, -0.1) is 0 Å². The van der Waals surface area contributed by atoms with Gasteiger partial charge >= 0.3 is 0 Å². The van der Waals surface area contributed by atoms with E-state index >= 15 is 0 Å². The Bertz CT molecular complexity index is 1510. The topological polar surface area (TPSA) is 113 Å². The number of hydrogen-bond donors (Lipinski definition) is 1. The summed E-state index contributed by atoms with van der Waals surface area (Å²) < 4.78 is 10.8. The first kappa shape index (κ1) is 23.5. The van der Waals surface area contributed by atoms with E-state index in [1.165, 1.54) is 11.7 Å². The maximum absolute atomic E-state index is 13.0. The van der Waals surface area contributed by atoms with Gasteiger partial charge in [-0.3, -0.25) is 19.1 Å². The average molecular weight is 489 g/mol. The monoisotopic (exact) mass is 488 g/mol. The van der Waals surface area contributed by atoms with Crippen LogP contribution >= 0.6 is 0 Å². The molecule has 1 amide bonds. The van der Waals surface area contributed by atoms with Gasteiger partial charge in [-0.1, -0.05) is 0 Å². The number of pyridine rings is 1. The number of hydrogen-bond acceptors (Lipinski definition) is 6. The SMILES string of the molecule is COc1cc2nn(C3CCC(n4ccnc4C(C)=O)CC3)cc2cc1C(=O)Nc1cccn(C)c1=O. The van der Waals surface area contributed by atoms with Gasteiger partial charge in [0.2, 0.25) is 0 Å². The first-order chi connectivity index (χ1) is 17.4. The van der Waals surface area contributed by atoms with Crippen molar-refractivity contribution in [3.05, 3.63) is 70.8 Å². The molecule has 36 heavy (non-hydrogen) atoms. The highest BCUT2D eigenvalue weighted by Gasteiger charge is 2.26. The predicted molar refractivity (Wildman–Crippen MR) is 135 cm³/mol. The smallest absolute Gasteiger partial charge is 0.274 e. The lowest BCUT2D eigenvalue weighted by atomic mass is 9.91. The largest absolute Gasteiger partial charge is 0.496 e. The van der Waals surface area contributed by atoms with Crippen molar-refractivity contribution in [1.82, 2.24) is 23.9 Å². The number of amides is 1. The van der Waals surface area contributed by atoms with Crippen LogP contribution in [-0.4, -0.2) is 42.7 Å². The Balaban J connectivity index is 1.36. The normalized spacial score (nSPS) is 17.8. The molecule has 4 aromatic rings. The number of carbonyl (C=O) groups excluding carboxylic acids is 2. The molecule has 0 bridgehead atoms. The van der Waals surface area contributed by atoms with Gasteiger partial charge in [0, 0.05) is 56.3 Å². The molecule has 0 radical (unpaired) electrons. The quantitative estimate of drug-likeness (QED) is 0.414. The van der Waals surface area contributed by atoms with E-state index in [-0.39, 0.29) is 29.1 Å². The molecule has 1 N–H and O–H groups in total. The molecule has 5 rings (SSSR count). The third-order valence-electron chi connectivity index (χ3n) is 6.88. The first-order valence-corrected chi connectivity index (χ1v) is 11.9. The molecule has 1 aliphatic rings. The molecule has 3 aromatic heterocycles. The lowest BCUT2D eigenvalue weighted by molar-refractivity contribution is 0.0992. The van der Waals surface area contributed by atoms with Crippen LogP contribution in [0.15, 0.2) is 53.8 Å². The number of aryl methyl sites for hydroxylation is 1. The van der Waals surface area contributed by atoms with E-state index in [2.05, 4.69) is 10.3 Å². The van der Waals surface area contributed by atoms with E-state index < -0.39 is 5.91 Å². The van der Waals surface area contributed by atoms with Gasteiger partial charge in [0.15, 0.2) is 11.6 Å². The summed E-state index contributed by atoms with van der Waals surface area (Å²) >= 11 is 0. The van der Waals surface area contributed by atoms with E-state index in [0.717, 1.165) is 36.6 Å². The molecule has 0 aliphatic heterocycles. The van der Waals surface area contributed by atoms with E-state index in [4.69, 9.17) is 9.84 Å². The van der Waals surface area contributed by atoms with Crippen molar-refractivity contribution in [3.63, 3.8) is 0 Å². The second-order valence-electron chi connectivity index (χ2n) is 9.19. The van der Waals surface area contributed by atoms with E-state index in [1.807, 2.05) is 21.6 Å². The fourth-order valence-electron chi connectivity index (χ4n) is 4.97. The van der Waals surface area contributed by atoms with Gasteiger partial charge in [0.1, 0.15) is 11.4 Å². The number of imidazole rings is 1. The molecule has 1 aliphatic carbocycles. The van der Waals surface area contributed by atoms with Crippen molar-refractivity contribution >= 4 is 28.3 Å². The summed E-state index contributed by atoms with van der Waals surface area (Å²) in [5.74, 6) is 0.446. The number of fused-ring (bicyclic) bond motifs is 1. The third-order valence-corrected chi connectivity index (χ3v) is 6.88. The number of carbonyl (C=O) groups is 2. The van der Waals surface area contributed by atoms with Crippen LogP contribution in [0.4, 0.5) is 5.69 Å². The number of ketones is 1. The van der Waals surface area contributed by atoms with Crippen LogP contribution < -0.4 is 15.6 Å². The zero-order chi connectivity index (χ0) is 25.4. The average Bonchev–Trinajstić information content (AvgIpc) is 3.53. The lowest BCUT2D eigenvalue weighted by Crippen LogP contribution is -2.23. The van der Waals surface area contributed by atoms with Crippen LogP contribution in [0.25, 0.3) is 10.9 Å². The van der Waals surface area contributed by atoms with Gasteiger partial charge in [-0.05, 0) is 43.9 Å². The summed E-state index contributed by atoms with van der Waals surface area (Å²) in [5, 5.41) is 8.28. The van der Waals surface area contributed by atoms with Gasteiger partial charge in [-0.25, -0.2) is 4.98 Å². The Morgan fingerprint density at radius 2 is 1.86 bits per heavy atom. The van der Waals surface area contributed by atoms with E-state index in [9.17, 15) is 14.4 Å². The Morgan fingerprint density at radius 1 is 1.11 bits per heavy atom. The summed E-state index contributed by atoms with van der Waals surface area (Å²) in [5.41, 5.74) is 0.969. The van der Waals surface area contributed by atoms with Crippen LogP contribution in [-0.2, 0) is 7.05 Å². The molecular weight excluding hydrogens is 460 g/mol. The van der Waals surface area contributed by atoms with Crippen molar-refractivity contribution in [2.24, 2.45) is 7.05 Å². The third kappa shape index (κ3) is 4.30. The van der Waals surface area contributed by atoms with Crippen molar-refractivity contribution in [2.75, 3.05) is 12.4 Å². The fourth-order valence-corrected chi connectivity index (χ4v) is 4.97. The van der Waals surface area contributed by atoms with Gasteiger partial charge < -0.3 is 19.2 Å². The molecule has 1 saturated carbocycles. The summed E-state index contributed by atoms with van der Waals surface area (Å²) in [6, 6.07) is 7.23. The number of aromatic nitrogens is 5. The fraction of sp³-hybridized carbons (Fsp3) is 0.346. The number of ether oxygens (including phenoxy) is 1. The molecule has 186 valence electrons. The summed E-state index contributed by atoms with van der Waals surface area (Å²) in [6.45, 7) is 1.54. The maximum Gasteiger partial charge on any atom is 0.274 e. The minimum Gasteiger partial charge on any atom is -0.496 e. The zero-order valence-electron chi connectivity index (χ0n) is 20.5. The zero-order valence-corrected chi connectivity index (χ0v) is 20.5. The summed E-state index contributed by atoms with van der Waals surface area (Å²) in [7, 11) is 3.13. The van der Waals surface area contributed by atoms with Crippen LogP contribution in [0, 0.1) is 0 Å². The van der Waals surface area contributed by atoms with Crippen LogP contribution in [0.1, 0.15) is 65.7 Å². The summed E-state index contributed by atoms with van der Waals surface area (Å²) in [4.78, 5) is 41.4. The molecule has 3 heterocycles. The molecule has 0 unspecified atom stereocenters. The van der Waals surface area contributed by atoms with Crippen molar-refractivity contribution in [3.8, 4) is 5.75 Å². The number of nitrogens with one attached hydrogen (secondary N) is 1.